The first-order valence-electron chi connectivity index (χ1n) is 15.1. The zero-order valence-corrected chi connectivity index (χ0v) is 25.7. The van der Waals surface area contributed by atoms with Crippen molar-refractivity contribution in [2.24, 2.45) is 0 Å². The first-order valence-corrected chi connectivity index (χ1v) is 15.1. The summed E-state index contributed by atoms with van der Waals surface area (Å²) >= 11 is 0. The Balaban J connectivity index is 1.73. The highest BCUT2D eigenvalue weighted by molar-refractivity contribution is 6.02. The lowest BCUT2D eigenvalue weighted by molar-refractivity contribution is -0.112. The number of ether oxygens (including phenoxy) is 1. The molecule has 5 rings (SSSR count). The molecule has 1 amide bonds. The van der Waals surface area contributed by atoms with Crippen LogP contribution in [0.3, 0.4) is 0 Å². The second kappa shape index (κ2) is 11.9. The molecule has 0 aliphatic carbocycles. The van der Waals surface area contributed by atoms with Crippen LogP contribution in [0.15, 0.2) is 72.4 Å². The van der Waals surface area contributed by atoms with Crippen LogP contribution in [0.5, 0.6) is 11.5 Å². The lowest BCUT2D eigenvalue weighted by Crippen LogP contribution is -2.49. The number of carbonyl (C=O) groups excluding carboxylic acids is 2. The van der Waals surface area contributed by atoms with Gasteiger partial charge >= 0.3 is 0 Å². The van der Waals surface area contributed by atoms with Crippen LogP contribution in [-0.4, -0.2) is 55.9 Å². The Bertz CT molecular complexity index is 1460. The van der Waals surface area contributed by atoms with Crippen LogP contribution in [0.25, 0.3) is 0 Å². The Kier molecular flexibility index (Phi) is 8.30. The van der Waals surface area contributed by atoms with Gasteiger partial charge in [0.1, 0.15) is 17.0 Å². The summed E-state index contributed by atoms with van der Waals surface area (Å²) in [5.41, 5.74) is 5.67. The van der Waals surface area contributed by atoms with E-state index in [9.17, 15) is 9.59 Å². The Morgan fingerprint density at radius 3 is 1.90 bits per heavy atom. The molecule has 0 unspecified atom stereocenters. The normalized spacial score (nSPS) is 14.7. The highest BCUT2D eigenvalue weighted by Gasteiger charge is 2.56. The van der Waals surface area contributed by atoms with Crippen molar-refractivity contribution in [3.05, 3.63) is 94.7 Å². The first kappa shape index (κ1) is 29.2. The molecule has 220 valence electrons. The molecule has 0 saturated carbocycles. The quantitative estimate of drug-likeness (QED) is 0.274. The van der Waals surface area contributed by atoms with Gasteiger partial charge in [-0.15, -0.1) is 0 Å². The third-order valence-electron chi connectivity index (χ3n) is 8.54. The molecule has 2 aliphatic rings. The van der Waals surface area contributed by atoms with Crippen molar-refractivity contribution in [2.75, 3.05) is 49.1 Å². The number of carbonyl (C=O) groups is 2. The lowest BCUT2D eigenvalue weighted by Gasteiger charge is -2.45. The second-order valence-electron chi connectivity index (χ2n) is 10.9. The van der Waals surface area contributed by atoms with E-state index in [-0.39, 0.29) is 11.7 Å². The highest BCUT2D eigenvalue weighted by atomic mass is 16.5. The van der Waals surface area contributed by atoms with Crippen LogP contribution in [0, 0.1) is 0 Å². The predicted molar refractivity (Wildman–Crippen MR) is 170 cm³/mol. The fourth-order valence-corrected chi connectivity index (χ4v) is 6.62. The van der Waals surface area contributed by atoms with Gasteiger partial charge in [0.25, 0.3) is 5.91 Å². The highest BCUT2D eigenvalue weighted by Crippen LogP contribution is 2.58. The molecule has 0 bridgehead atoms. The number of rotatable bonds is 11. The minimum atomic E-state index is -0.861. The number of amides is 1. The van der Waals surface area contributed by atoms with Crippen molar-refractivity contribution in [1.82, 2.24) is 10.2 Å². The average molecular weight is 567 g/mol. The smallest absolute Gasteiger partial charge is 0.255 e. The molecule has 2 heterocycles. The number of benzene rings is 3. The molecule has 42 heavy (non-hydrogen) atoms. The number of ketones is 1. The maximum absolute atomic E-state index is 14.3. The van der Waals surface area contributed by atoms with E-state index >= 15 is 0 Å². The molecule has 0 radical (unpaired) electrons. The van der Waals surface area contributed by atoms with E-state index < -0.39 is 5.54 Å². The maximum Gasteiger partial charge on any atom is 0.255 e. The number of fused-ring (bicyclic) bond motifs is 6. The average Bonchev–Trinajstić information content (AvgIpc) is 3.22. The van der Waals surface area contributed by atoms with E-state index in [4.69, 9.17) is 4.74 Å². The second-order valence-corrected chi connectivity index (χ2v) is 10.9. The molecular formula is C35H42N4O3. The van der Waals surface area contributed by atoms with Crippen LogP contribution in [0.4, 0.5) is 11.4 Å². The van der Waals surface area contributed by atoms with Gasteiger partial charge in [-0.25, -0.2) is 0 Å². The number of hydrogen-bond donors (Lipinski definition) is 1. The van der Waals surface area contributed by atoms with E-state index in [1.165, 1.54) is 6.92 Å². The van der Waals surface area contributed by atoms with Crippen molar-refractivity contribution in [3.8, 4) is 11.5 Å². The summed E-state index contributed by atoms with van der Waals surface area (Å²) in [5, 5.41) is 3.34. The molecule has 3 aromatic rings. The van der Waals surface area contributed by atoms with Crippen LogP contribution in [0.2, 0.25) is 0 Å². The van der Waals surface area contributed by atoms with Crippen molar-refractivity contribution in [3.63, 3.8) is 0 Å². The molecule has 0 aromatic heterocycles. The number of allylic oxidation sites excluding steroid dienone is 2. The van der Waals surface area contributed by atoms with Gasteiger partial charge in [0.05, 0.1) is 0 Å². The summed E-state index contributed by atoms with van der Waals surface area (Å²) in [6.45, 7) is 16.5. The minimum Gasteiger partial charge on any atom is -0.456 e. The molecule has 7 heteroatoms. The monoisotopic (exact) mass is 566 g/mol. The summed E-state index contributed by atoms with van der Waals surface area (Å²) < 4.78 is 6.76. The van der Waals surface area contributed by atoms with Crippen LogP contribution < -0.4 is 19.9 Å². The molecule has 0 saturated heterocycles. The first-order chi connectivity index (χ1) is 20.3. The van der Waals surface area contributed by atoms with Crippen LogP contribution >= 0.6 is 0 Å². The third kappa shape index (κ3) is 4.81. The summed E-state index contributed by atoms with van der Waals surface area (Å²) in [6, 6.07) is 20.8. The van der Waals surface area contributed by atoms with Gasteiger partial charge in [-0.1, -0.05) is 30.3 Å². The Morgan fingerprint density at radius 1 is 0.833 bits per heavy atom. The number of nitrogens with one attached hydrogen (secondary N) is 1. The Morgan fingerprint density at radius 2 is 1.38 bits per heavy atom. The van der Waals surface area contributed by atoms with E-state index in [1.807, 2.05) is 30.0 Å². The van der Waals surface area contributed by atoms with E-state index in [0.29, 0.717) is 18.7 Å². The summed E-state index contributed by atoms with van der Waals surface area (Å²) in [6.07, 6.45) is 1.58. The van der Waals surface area contributed by atoms with Crippen molar-refractivity contribution < 1.29 is 14.3 Å². The zero-order chi connectivity index (χ0) is 30.0. The third-order valence-corrected chi connectivity index (χ3v) is 8.54. The largest absolute Gasteiger partial charge is 0.456 e. The topological polar surface area (TPSA) is 65.1 Å². The number of nitrogens with zero attached hydrogens (tertiary/aromatic N) is 3. The van der Waals surface area contributed by atoms with Crippen LogP contribution in [-0.2, 0) is 10.3 Å². The molecule has 1 N–H and O–H groups in total. The van der Waals surface area contributed by atoms with Gasteiger partial charge < -0.3 is 24.8 Å². The van der Waals surface area contributed by atoms with Crippen LogP contribution in [0.1, 0.15) is 68.6 Å². The fourth-order valence-electron chi connectivity index (χ4n) is 6.62. The summed E-state index contributed by atoms with van der Waals surface area (Å²) in [4.78, 5) is 32.5. The van der Waals surface area contributed by atoms with Gasteiger partial charge in [-0.05, 0) is 71.4 Å². The van der Waals surface area contributed by atoms with Crippen molar-refractivity contribution >= 4 is 23.1 Å². The lowest BCUT2D eigenvalue weighted by atomic mass is 9.74. The molecule has 0 atom stereocenters. The van der Waals surface area contributed by atoms with Gasteiger partial charge in [-0.3, -0.25) is 9.59 Å². The van der Waals surface area contributed by atoms with Crippen molar-refractivity contribution in [2.45, 2.75) is 47.1 Å². The van der Waals surface area contributed by atoms with Crippen molar-refractivity contribution in [1.29, 1.82) is 0 Å². The van der Waals surface area contributed by atoms with Gasteiger partial charge in [-0.2, -0.15) is 0 Å². The molecule has 7 nitrogen and oxygen atoms in total. The molecule has 3 aromatic carbocycles. The van der Waals surface area contributed by atoms with Gasteiger partial charge in [0, 0.05) is 85.2 Å². The van der Waals surface area contributed by atoms with Gasteiger partial charge in [0.15, 0.2) is 5.78 Å². The molecule has 2 aliphatic heterocycles. The number of hydrogen-bond acceptors (Lipinski definition) is 6. The summed E-state index contributed by atoms with van der Waals surface area (Å²) in [5.74, 6) is 1.50. The summed E-state index contributed by atoms with van der Waals surface area (Å²) in [7, 11) is 0. The molecule has 0 fully saturated rings. The predicted octanol–water partition coefficient (Wildman–Crippen LogP) is 6.31. The molecular weight excluding hydrogens is 524 g/mol. The maximum atomic E-state index is 14.3. The van der Waals surface area contributed by atoms with E-state index in [1.54, 1.807) is 6.08 Å². The minimum absolute atomic E-state index is 0.0126. The zero-order valence-electron chi connectivity index (χ0n) is 25.7. The van der Waals surface area contributed by atoms with E-state index in [0.717, 1.165) is 71.4 Å². The number of anilines is 2. The van der Waals surface area contributed by atoms with Gasteiger partial charge in [0.2, 0.25) is 0 Å². The molecule has 1 spiro atoms. The SMILES string of the molecule is CCN(CC)c1ccc2c(c1)Oc1cc(N(CC)CC)ccc1C21c2ccccc2C(=O)N1CCN/C(C)=C/C(C)=O. The Hall–Kier alpha value is -4.26. The standard InChI is InChI=1S/C35H42N4O3/c1-7-37(8-2)26-15-17-30-32(22-26)42-33-23-27(38(9-3)10-4)16-18-31(33)35(30)29-14-12-11-13-28(29)34(41)39(35)20-19-36-24(5)21-25(6)40/h11-18,21-23,36H,7-10,19-20H2,1-6H3/b24-21+. The van der Waals surface area contributed by atoms with E-state index in [2.05, 4.69) is 85.3 Å². The Labute approximate surface area is 249 Å². The fraction of sp³-hybridized carbons (Fsp3) is 0.371.